The number of amides is 1. The molecule has 0 radical (unpaired) electrons. The van der Waals surface area contributed by atoms with E-state index in [0.717, 1.165) is 30.2 Å². The molecule has 8 heteroatoms. The number of carbonyl (C=O) groups is 1. The molecule has 1 aromatic heterocycles. The van der Waals surface area contributed by atoms with Gasteiger partial charge in [-0.25, -0.2) is 4.98 Å². The van der Waals surface area contributed by atoms with Crippen molar-refractivity contribution >= 4 is 17.8 Å². The van der Waals surface area contributed by atoms with E-state index in [9.17, 15) is 4.79 Å². The van der Waals surface area contributed by atoms with Gasteiger partial charge in [-0.1, -0.05) is 12.1 Å². The lowest BCUT2D eigenvalue weighted by Crippen LogP contribution is -2.37. The zero-order valence-corrected chi connectivity index (χ0v) is 16.8. The highest BCUT2D eigenvalue weighted by molar-refractivity contribution is 5.91. The normalized spacial score (nSPS) is 14.1. The van der Waals surface area contributed by atoms with Gasteiger partial charge in [0, 0.05) is 25.2 Å². The number of nitrogens with zero attached hydrogens (tertiary/aromatic N) is 3. The van der Waals surface area contributed by atoms with Crippen LogP contribution in [0.3, 0.4) is 0 Å². The number of aryl methyl sites for hydroxylation is 1. The highest BCUT2D eigenvalue weighted by Crippen LogP contribution is 2.18. The minimum Gasteiger partial charge on any atom is -0.497 e. The zero-order chi connectivity index (χ0) is 20.5. The second-order valence-corrected chi connectivity index (χ2v) is 6.46. The summed E-state index contributed by atoms with van der Waals surface area (Å²) in [5.41, 5.74) is 0.921. The molecule has 8 nitrogen and oxygen atoms in total. The fourth-order valence-electron chi connectivity index (χ4n) is 2.83. The number of ether oxygens (including phenoxy) is 3. The lowest BCUT2D eigenvalue weighted by Gasteiger charge is -2.28. The highest BCUT2D eigenvalue weighted by Gasteiger charge is 2.14. The van der Waals surface area contributed by atoms with Crippen LogP contribution in [0.25, 0.3) is 6.08 Å². The third kappa shape index (κ3) is 6.46. The minimum atomic E-state index is -0.183. The number of morpholine rings is 1. The van der Waals surface area contributed by atoms with Gasteiger partial charge >= 0.3 is 0 Å². The van der Waals surface area contributed by atoms with Crippen LogP contribution in [-0.4, -0.2) is 62.4 Å². The first-order chi connectivity index (χ1) is 14.1. The number of methoxy groups -OCH3 is 1. The van der Waals surface area contributed by atoms with E-state index in [2.05, 4.69) is 20.2 Å². The van der Waals surface area contributed by atoms with Crippen molar-refractivity contribution in [3.63, 3.8) is 0 Å². The average Bonchev–Trinajstić information content (AvgIpc) is 2.76. The molecule has 154 valence electrons. The summed E-state index contributed by atoms with van der Waals surface area (Å²) in [6, 6.07) is 9.29. The summed E-state index contributed by atoms with van der Waals surface area (Å²) in [6.45, 7) is 5.51. The molecule has 1 amide bonds. The predicted molar refractivity (Wildman–Crippen MR) is 110 cm³/mol. The van der Waals surface area contributed by atoms with Gasteiger partial charge in [-0.3, -0.25) is 4.79 Å². The molecule has 2 heterocycles. The predicted octanol–water partition coefficient (Wildman–Crippen LogP) is 1.84. The van der Waals surface area contributed by atoms with Crippen LogP contribution in [0.4, 0.5) is 5.82 Å². The fourth-order valence-corrected chi connectivity index (χ4v) is 2.83. The molecule has 0 unspecified atom stereocenters. The third-order valence-corrected chi connectivity index (χ3v) is 4.33. The van der Waals surface area contributed by atoms with Crippen LogP contribution >= 0.6 is 0 Å². The number of nitrogens with one attached hydrogen (secondary N) is 1. The van der Waals surface area contributed by atoms with E-state index in [0.29, 0.717) is 38.1 Å². The number of rotatable bonds is 8. The topological polar surface area (TPSA) is 85.8 Å². The van der Waals surface area contributed by atoms with E-state index in [1.54, 1.807) is 13.2 Å². The zero-order valence-electron chi connectivity index (χ0n) is 16.8. The Morgan fingerprint density at radius 2 is 2.00 bits per heavy atom. The fraction of sp³-hybridized carbons (Fsp3) is 0.381. The minimum absolute atomic E-state index is 0.183. The Bertz CT molecular complexity index is 833. The Morgan fingerprint density at radius 1 is 1.24 bits per heavy atom. The van der Waals surface area contributed by atoms with Crippen molar-refractivity contribution < 1.29 is 19.0 Å². The van der Waals surface area contributed by atoms with Crippen LogP contribution in [-0.2, 0) is 9.53 Å². The summed E-state index contributed by atoms with van der Waals surface area (Å²) in [5.74, 6) is 2.58. The van der Waals surface area contributed by atoms with Crippen LogP contribution in [0.15, 0.2) is 36.4 Å². The Labute approximate surface area is 170 Å². The number of aromatic nitrogens is 2. The summed E-state index contributed by atoms with van der Waals surface area (Å²) < 4.78 is 16.2. The van der Waals surface area contributed by atoms with Crippen LogP contribution in [0.5, 0.6) is 11.6 Å². The van der Waals surface area contributed by atoms with Gasteiger partial charge in [-0.2, -0.15) is 4.98 Å². The monoisotopic (exact) mass is 398 g/mol. The summed E-state index contributed by atoms with van der Waals surface area (Å²) >= 11 is 0. The quantitative estimate of drug-likeness (QED) is 0.536. The number of benzene rings is 1. The van der Waals surface area contributed by atoms with E-state index >= 15 is 0 Å². The number of hydrogen-bond donors (Lipinski definition) is 1. The molecule has 1 saturated heterocycles. The molecule has 3 rings (SSSR count). The maximum Gasteiger partial charge on any atom is 0.244 e. The molecular weight excluding hydrogens is 372 g/mol. The lowest BCUT2D eigenvalue weighted by molar-refractivity contribution is -0.116. The average molecular weight is 398 g/mol. The van der Waals surface area contributed by atoms with E-state index in [4.69, 9.17) is 14.2 Å². The Morgan fingerprint density at radius 3 is 2.72 bits per heavy atom. The molecule has 0 saturated carbocycles. The number of carbonyl (C=O) groups excluding carboxylic acids is 1. The largest absolute Gasteiger partial charge is 0.497 e. The lowest BCUT2D eigenvalue weighted by atomic mass is 10.2. The Kier molecular flexibility index (Phi) is 7.40. The van der Waals surface area contributed by atoms with E-state index in [1.165, 1.54) is 6.08 Å². The maximum atomic E-state index is 11.9. The van der Waals surface area contributed by atoms with Crippen molar-refractivity contribution in [2.75, 3.05) is 51.5 Å². The Balaban J connectivity index is 1.44. The van der Waals surface area contributed by atoms with Gasteiger partial charge in [0.15, 0.2) is 0 Å². The first-order valence-electron chi connectivity index (χ1n) is 9.55. The van der Waals surface area contributed by atoms with Crippen molar-refractivity contribution in [3.8, 4) is 11.6 Å². The van der Waals surface area contributed by atoms with Crippen LogP contribution in [0, 0.1) is 6.92 Å². The summed E-state index contributed by atoms with van der Waals surface area (Å²) in [7, 11) is 1.62. The molecule has 0 aliphatic carbocycles. The molecule has 0 spiro atoms. The highest BCUT2D eigenvalue weighted by atomic mass is 16.5. The summed E-state index contributed by atoms with van der Waals surface area (Å²) in [5, 5.41) is 2.79. The number of hydrogen-bond acceptors (Lipinski definition) is 7. The van der Waals surface area contributed by atoms with Gasteiger partial charge in [0.25, 0.3) is 0 Å². The van der Waals surface area contributed by atoms with Crippen molar-refractivity contribution in [3.05, 3.63) is 47.8 Å². The standard InChI is InChI=1S/C21H26N4O4/c1-16-23-19(25-10-13-28-14-11-25)15-21(24-16)29-12-9-22-20(26)8-5-17-3-6-18(27-2)7-4-17/h3-8,15H,9-14H2,1-2H3,(H,22,26)/b8-5+. The molecule has 1 aliphatic rings. The molecule has 0 bridgehead atoms. The van der Waals surface area contributed by atoms with Gasteiger partial charge in [-0.15, -0.1) is 0 Å². The van der Waals surface area contributed by atoms with Crippen LogP contribution < -0.4 is 19.7 Å². The van der Waals surface area contributed by atoms with E-state index < -0.39 is 0 Å². The molecule has 1 N–H and O–H groups in total. The Hall–Kier alpha value is -3.13. The SMILES string of the molecule is COc1ccc(/C=C/C(=O)NCCOc2cc(N3CCOCC3)nc(C)n2)cc1. The van der Waals surface area contributed by atoms with Crippen LogP contribution in [0.1, 0.15) is 11.4 Å². The molecule has 1 fully saturated rings. The van der Waals surface area contributed by atoms with Crippen molar-refractivity contribution in [1.82, 2.24) is 15.3 Å². The molecule has 29 heavy (non-hydrogen) atoms. The third-order valence-electron chi connectivity index (χ3n) is 4.33. The van der Waals surface area contributed by atoms with E-state index in [1.807, 2.05) is 37.3 Å². The summed E-state index contributed by atoms with van der Waals surface area (Å²) in [4.78, 5) is 22.9. The van der Waals surface area contributed by atoms with Crippen molar-refractivity contribution in [2.24, 2.45) is 0 Å². The van der Waals surface area contributed by atoms with Crippen molar-refractivity contribution in [1.29, 1.82) is 0 Å². The molecule has 2 aromatic rings. The molecule has 1 aromatic carbocycles. The van der Waals surface area contributed by atoms with Gasteiger partial charge < -0.3 is 24.4 Å². The van der Waals surface area contributed by atoms with E-state index in [-0.39, 0.29) is 5.91 Å². The molecule has 1 aliphatic heterocycles. The first-order valence-corrected chi connectivity index (χ1v) is 9.55. The molecular formula is C21H26N4O4. The first kappa shape index (κ1) is 20.6. The maximum absolute atomic E-state index is 11.9. The molecule has 0 atom stereocenters. The van der Waals surface area contributed by atoms with Gasteiger partial charge in [0.2, 0.25) is 11.8 Å². The van der Waals surface area contributed by atoms with Crippen molar-refractivity contribution in [2.45, 2.75) is 6.92 Å². The van der Waals surface area contributed by atoms with Gasteiger partial charge in [0.05, 0.1) is 26.9 Å². The summed E-state index contributed by atoms with van der Waals surface area (Å²) in [6.07, 6.45) is 3.24. The smallest absolute Gasteiger partial charge is 0.244 e. The number of anilines is 1. The van der Waals surface area contributed by atoms with Gasteiger partial charge in [-0.05, 0) is 30.7 Å². The van der Waals surface area contributed by atoms with Crippen LogP contribution in [0.2, 0.25) is 0 Å². The second kappa shape index (κ2) is 10.4. The van der Waals surface area contributed by atoms with Gasteiger partial charge in [0.1, 0.15) is 24.0 Å². The second-order valence-electron chi connectivity index (χ2n) is 6.46.